The minimum absolute atomic E-state index is 0.0282. The SMILES string of the molecule is CC(C)(C)OC(=O)N1CCC([S@](=O)c2cccc(Br)n2)CC1. The van der Waals surface area contributed by atoms with Gasteiger partial charge in [-0.3, -0.25) is 4.21 Å². The molecule has 2 heterocycles. The number of nitrogens with zero attached hydrogens (tertiary/aromatic N) is 2. The maximum atomic E-state index is 12.6. The molecule has 7 heteroatoms. The van der Waals surface area contributed by atoms with Gasteiger partial charge in [0.1, 0.15) is 15.2 Å². The largest absolute Gasteiger partial charge is 0.444 e. The Hall–Kier alpha value is -0.950. The fraction of sp³-hybridized carbons (Fsp3) is 0.600. The van der Waals surface area contributed by atoms with Crippen LogP contribution in [0.3, 0.4) is 0 Å². The van der Waals surface area contributed by atoms with Crippen LogP contribution in [-0.2, 0) is 15.5 Å². The smallest absolute Gasteiger partial charge is 0.410 e. The van der Waals surface area contributed by atoms with Gasteiger partial charge in [-0.1, -0.05) is 6.07 Å². The summed E-state index contributed by atoms with van der Waals surface area (Å²) in [6.07, 6.45) is 1.09. The number of ether oxygens (including phenoxy) is 1. The average molecular weight is 389 g/mol. The maximum absolute atomic E-state index is 12.6. The predicted molar refractivity (Wildman–Crippen MR) is 89.2 cm³/mol. The number of hydrogen-bond acceptors (Lipinski definition) is 4. The lowest BCUT2D eigenvalue weighted by atomic mass is 10.1. The Kier molecular flexibility index (Phi) is 5.60. The number of amides is 1. The maximum Gasteiger partial charge on any atom is 0.410 e. The molecule has 0 saturated carbocycles. The highest BCUT2D eigenvalue weighted by Crippen LogP contribution is 2.22. The summed E-state index contributed by atoms with van der Waals surface area (Å²) < 4.78 is 18.6. The molecule has 0 N–H and O–H groups in total. The molecule has 0 bridgehead atoms. The highest BCUT2D eigenvalue weighted by molar-refractivity contribution is 9.10. The molecule has 0 radical (unpaired) electrons. The van der Waals surface area contributed by atoms with E-state index >= 15 is 0 Å². The predicted octanol–water partition coefficient (Wildman–Crippen LogP) is 3.35. The molecule has 0 spiro atoms. The molecule has 1 aromatic rings. The van der Waals surface area contributed by atoms with Gasteiger partial charge in [0.15, 0.2) is 0 Å². The summed E-state index contributed by atoms with van der Waals surface area (Å²) in [6, 6.07) is 5.42. The van der Waals surface area contributed by atoms with Crippen LogP contribution in [-0.4, -0.2) is 44.1 Å². The molecule has 1 amide bonds. The monoisotopic (exact) mass is 388 g/mol. The van der Waals surface area contributed by atoms with Crippen molar-refractivity contribution >= 4 is 32.8 Å². The van der Waals surface area contributed by atoms with E-state index in [-0.39, 0.29) is 11.3 Å². The van der Waals surface area contributed by atoms with E-state index in [1.807, 2.05) is 32.9 Å². The molecular formula is C15H21BrN2O3S. The Morgan fingerprint density at radius 3 is 2.55 bits per heavy atom. The highest BCUT2D eigenvalue weighted by atomic mass is 79.9. The van der Waals surface area contributed by atoms with Gasteiger partial charge in [0, 0.05) is 18.3 Å². The Bertz CT molecular complexity index is 566. The topological polar surface area (TPSA) is 59.5 Å². The standard InChI is InChI=1S/C15H21BrN2O3S/c1-15(2,3)21-14(19)18-9-7-11(8-10-18)22(20)13-6-4-5-12(16)17-13/h4-6,11H,7-10H2,1-3H3/t22-/m0/s1. The zero-order valence-corrected chi connectivity index (χ0v) is 15.4. The molecule has 2 rings (SSSR count). The number of carbonyl (C=O) groups is 1. The summed E-state index contributed by atoms with van der Waals surface area (Å²) in [4.78, 5) is 18.0. The fourth-order valence-corrected chi connectivity index (χ4v) is 4.09. The quantitative estimate of drug-likeness (QED) is 0.728. The van der Waals surface area contributed by atoms with Crippen LogP contribution < -0.4 is 0 Å². The van der Waals surface area contributed by atoms with Crippen molar-refractivity contribution in [3.63, 3.8) is 0 Å². The van der Waals surface area contributed by atoms with Gasteiger partial charge in [0.25, 0.3) is 0 Å². The van der Waals surface area contributed by atoms with Gasteiger partial charge in [-0.15, -0.1) is 0 Å². The number of piperidine rings is 1. The third-order valence-corrected chi connectivity index (χ3v) is 5.45. The molecule has 1 atom stereocenters. The summed E-state index contributed by atoms with van der Waals surface area (Å²) in [5.74, 6) is 0. The van der Waals surface area contributed by atoms with Crippen molar-refractivity contribution in [1.29, 1.82) is 0 Å². The normalized spacial score (nSPS) is 18.1. The van der Waals surface area contributed by atoms with Crippen molar-refractivity contribution in [3.05, 3.63) is 22.8 Å². The third-order valence-electron chi connectivity index (χ3n) is 3.29. The van der Waals surface area contributed by atoms with Gasteiger partial charge >= 0.3 is 6.09 Å². The average Bonchev–Trinajstić information content (AvgIpc) is 2.45. The lowest BCUT2D eigenvalue weighted by Gasteiger charge is -2.32. The van der Waals surface area contributed by atoms with Crippen LogP contribution in [0.5, 0.6) is 0 Å². The molecule has 0 aliphatic carbocycles. The Balaban J connectivity index is 1.92. The zero-order valence-electron chi connectivity index (χ0n) is 13.0. The first-order valence-electron chi connectivity index (χ1n) is 7.27. The number of likely N-dealkylation sites (tertiary alicyclic amines) is 1. The summed E-state index contributed by atoms with van der Waals surface area (Å²) in [5.41, 5.74) is -0.489. The van der Waals surface area contributed by atoms with Crippen molar-refractivity contribution in [2.45, 2.75) is 49.5 Å². The number of rotatable bonds is 2. The van der Waals surface area contributed by atoms with Gasteiger partial charge in [0.2, 0.25) is 0 Å². The number of aromatic nitrogens is 1. The first-order chi connectivity index (χ1) is 10.3. The summed E-state index contributed by atoms with van der Waals surface area (Å²) in [7, 11) is -1.15. The zero-order chi connectivity index (χ0) is 16.3. The van der Waals surface area contributed by atoms with E-state index in [1.165, 1.54) is 0 Å². The van der Waals surface area contributed by atoms with Crippen LogP contribution in [0.15, 0.2) is 27.8 Å². The van der Waals surface area contributed by atoms with Crippen LogP contribution in [0, 0.1) is 0 Å². The van der Waals surface area contributed by atoms with Crippen LogP contribution in [0.2, 0.25) is 0 Å². The Morgan fingerprint density at radius 1 is 1.36 bits per heavy atom. The molecule has 22 heavy (non-hydrogen) atoms. The Labute approximate surface area is 142 Å². The molecular weight excluding hydrogens is 368 g/mol. The minimum Gasteiger partial charge on any atom is -0.444 e. The van der Waals surface area contributed by atoms with Crippen molar-refractivity contribution < 1.29 is 13.7 Å². The van der Waals surface area contributed by atoms with Crippen LogP contribution >= 0.6 is 15.9 Å². The first kappa shape index (κ1) is 17.4. The molecule has 122 valence electrons. The second kappa shape index (κ2) is 7.08. The van der Waals surface area contributed by atoms with E-state index in [9.17, 15) is 9.00 Å². The third kappa shape index (κ3) is 4.78. The number of pyridine rings is 1. The molecule has 1 aromatic heterocycles. The van der Waals surface area contributed by atoms with Gasteiger partial charge < -0.3 is 9.64 Å². The minimum atomic E-state index is -1.15. The van der Waals surface area contributed by atoms with Crippen molar-refractivity contribution in [2.75, 3.05) is 13.1 Å². The lowest BCUT2D eigenvalue weighted by molar-refractivity contribution is 0.0218. The number of carbonyl (C=O) groups excluding carboxylic acids is 1. The van der Waals surface area contributed by atoms with Crippen LogP contribution in [0.4, 0.5) is 4.79 Å². The molecule has 1 aliphatic heterocycles. The lowest BCUT2D eigenvalue weighted by Crippen LogP contribution is -2.43. The second-order valence-corrected chi connectivity index (χ2v) is 8.75. The van der Waals surface area contributed by atoms with E-state index in [0.717, 1.165) is 0 Å². The van der Waals surface area contributed by atoms with Crippen LogP contribution in [0.1, 0.15) is 33.6 Å². The summed E-state index contributed by atoms with van der Waals surface area (Å²) >= 11 is 3.30. The van der Waals surface area contributed by atoms with E-state index in [1.54, 1.807) is 11.0 Å². The van der Waals surface area contributed by atoms with Crippen molar-refractivity contribution in [2.24, 2.45) is 0 Å². The molecule has 1 saturated heterocycles. The summed E-state index contributed by atoms with van der Waals surface area (Å²) in [6.45, 7) is 6.70. The Morgan fingerprint density at radius 2 is 2.00 bits per heavy atom. The van der Waals surface area contributed by atoms with E-state index in [4.69, 9.17) is 4.74 Å². The van der Waals surface area contributed by atoms with E-state index in [2.05, 4.69) is 20.9 Å². The number of hydrogen-bond donors (Lipinski definition) is 0. The van der Waals surface area contributed by atoms with Gasteiger partial charge in [0.05, 0.1) is 10.8 Å². The molecule has 1 fully saturated rings. The van der Waals surface area contributed by atoms with Crippen molar-refractivity contribution in [1.82, 2.24) is 9.88 Å². The van der Waals surface area contributed by atoms with Crippen LogP contribution in [0.25, 0.3) is 0 Å². The fourth-order valence-electron chi connectivity index (χ4n) is 2.25. The molecule has 5 nitrogen and oxygen atoms in total. The molecule has 0 unspecified atom stereocenters. The molecule has 0 aromatic carbocycles. The van der Waals surface area contributed by atoms with E-state index in [0.29, 0.717) is 35.6 Å². The van der Waals surface area contributed by atoms with Gasteiger partial charge in [-0.2, -0.15) is 0 Å². The second-order valence-electron chi connectivity index (χ2n) is 6.26. The van der Waals surface area contributed by atoms with Gasteiger partial charge in [-0.25, -0.2) is 9.78 Å². The molecule has 1 aliphatic rings. The van der Waals surface area contributed by atoms with Crippen molar-refractivity contribution in [3.8, 4) is 0 Å². The summed E-state index contributed by atoms with van der Waals surface area (Å²) in [5, 5.41) is 0.616. The van der Waals surface area contributed by atoms with Gasteiger partial charge in [-0.05, 0) is 61.7 Å². The first-order valence-corrected chi connectivity index (χ1v) is 9.28. The highest BCUT2D eigenvalue weighted by Gasteiger charge is 2.30. The van der Waals surface area contributed by atoms with E-state index < -0.39 is 16.4 Å². The number of halogens is 1.